The largest absolute Gasteiger partial charge is 0.304 e. The maximum absolute atomic E-state index is 5.93. The molecule has 0 radical (unpaired) electrons. The third kappa shape index (κ3) is 3.12. The van der Waals surface area contributed by atoms with Crippen LogP contribution < -0.4 is 0 Å². The molecule has 0 unspecified atom stereocenters. The predicted octanol–water partition coefficient (Wildman–Crippen LogP) is 5.47. The van der Waals surface area contributed by atoms with E-state index in [9.17, 15) is 0 Å². The highest BCUT2D eigenvalue weighted by atomic mass is 35.5. The van der Waals surface area contributed by atoms with Crippen molar-refractivity contribution >= 4 is 46.0 Å². The van der Waals surface area contributed by atoms with Gasteiger partial charge in [0.1, 0.15) is 0 Å². The topological polar surface area (TPSA) is 43.6 Å². The molecule has 0 saturated heterocycles. The quantitative estimate of drug-likeness (QED) is 0.463. The van der Waals surface area contributed by atoms with Crippen LogP contribution in [0.2, 0.25) is 5.02 Å². The molecule has 0 aliphatic rings. The van der Waals surface area contributed by atoms with E-state index in [1.54, 1.807) is 22.7 Å². The molecular weight excluding hydrogens is 380 g/mol. The van der Waals surface area contributed by atoms with Crippen molar-refractivity contribution in [2.45, 2.75) is 9.50 Å². The molecule has 3 aromatic heterocycles. The lowest BCUT2D eigenvalue weighted by Crippen LogP contribution is -1.93. The van der Waals surface area contributed by atoms with Gasteiger partial charge in [0.2, 0.25) is 0 Å². The van der Waals surface area contributed by atoms with E-state index in [2.05, 4.69) is 15.2 Å². The summed E-state index contributed by atoms with van der Waals surface area (Å²) in [6, 6.07) is 11.8. The van der Waals surface area contributed by atoms with Crippen LogP contribution in [0.5, 0.6) is 0 Å². The van der Waals surface area contributed by atoms with Crippen LogP contribution in [0.1, 0.15) is 0 Å². The summed E-state index contributed by atoms with van der Waals surface area (Å²) < 4.78 is 2.94. The Morgan fingerprint density at radius 2 is 1.92 bits per heavy atom. The van der Waals surface area contributed by atoms with Gasteiger partial charge in [0.15, 0.2) is 15.3 Å². The van der Waals surface area contributed by atoms with Gasteiger partial charge in [-0.3, -0.25) is 0 Å². The number of nitrogens with zero attached hydrogens (tertiary/aromatic N) is 4. The molecule has 4 rings (SSSR count). The summed E-state index contributed by atoms with van der Waals surface area (Å²) in [7, 11) is 1.98. The Kier molecular flexibility index (Phi) is 4.41. The summed E-state index contributed by atoms with van der Waals surface area (Å²) in [5, 5.41) is 14.2. The van der Waals surface area contributed by atoms with Crippen LogP contribution in [0.3, 0.4) is 0 Å². The minimum absolute atomic E-state index is 0.726. The van der Waals surface area contributed by atoms with Crippen molar-refractivity contribution in [3.63, 3.8) is 0 Å². The zero-order valence-electron chi connectivity index (χ0n) is 12.5. The van der Waals surface area contributed by atoms with Crippen molar-refractivity contribution in [2.24, 2.45) is 7.05 Å². The Bertz CT molecular complexity index is 958. The van der Waals surface area contributed by atoms with E-state index in [0.717, 1.165) is 36.5 Å². The van der Waals surface area contributed by atoms with Crippen molar-refractivity contribution in [1.82, 2.24) is 19.7 Å². The fourth-order valence-electron chi connectivity index (χ4n) is 2.16. The molecule has 0 aliphatic heterocycles. The normalized spacial score (nSPS) is 11.1. The molecule has 0 N–H and O–H groups in total. The second-order valence-electron chi connectivity index (χ2n) is 4.95. The first-order valence-corrected chi connectivity index (χ1v) is 9.98. The van der Waals surface area contributed by atoms with Crippen LogP contribution in [0.15, 0.2) is 56.7 Å². The Balaban J connectivity index is 1.57. The van der Waals surface area contributed by atoms with Gasteiger partial charge in [0.05, 0.1) is 10.6 Å². The lowest BCUT2D eigenvalue weighted by molar-refractivity contribution is 0.794. The SMILES string of the molecule is Cn1c(Sc2nc(-c3ccc(Cl)cc3)cs2)nnc1-c1cccs1. The van der Waals surface area contributed by atoms with Gasteiger partial charge in [-0.1, -0.05) is 29.8 Å². The van der Waals surface area contributed by atoms with Gasteiger partial charge in [-0.05, 0) is 35.3 Å². The van der Waals surface area contributed by atoms with Crippen molar-refractivity contribution in [2.75, 3.05) is 0 Å². The highest BCUT2D eigenvalue weighted by Crippen LogP contribution is 2.34. The van der Waals surface area contributed by atoms with Gasteiger partial charge in [0.25, 0.3) is 0 Å². The van der Waals surface area contributed by atoms with Crippen LogP contribution >= 0.6 is 46.0 Å². The fraction of sp³-hybridized carbons (Fsp3) is 0.0625. The monoisotopic (exact) mass is 390 g/mol. The van der Waals surface area contributed by atoms with Crippen LogP contribution in [-0.4, -0.2) is 19.7 Å². The highest BCUT2D eigenvalue weighted by Gasteiger charge is 2.14. The summed E-state index contributed by atoms with van der Waals surface area (Å²) >= 11 is 10.7. The van der Waals surface area contributed by atoms with Crippen LogP contribution in [-0.2, 0) is 7.05 Å². The number of rotatable bonds is 4. The van der Waals surface area contributed by atoms with Gasteiger partial charge in [0, 0.05) is 23.0 Å². The number of hydrogen-bond donors (Lipinski definition) is 0. The van der Waals surface area contributed by atoms with E-state index in [1.807, 2.05) is 58.8 Å². The second-order valence-corrected chi connectivity index (χ2v) is 8.41. The first kappa shape index (κ1) is 15.8. The average Bonchev–Trinajstić information content (AvgIpc) is 3.31. The number of thiophene rings is 1. The predicted molar refractivity (Wildman–Crippen MR) is 101 cm³/mol. The number of halogens is 1. The zero-order valence-corrected chi connectivity index (χ0v) is 15.7. The average molecular weight is 391 g/mol. The molecule has 120 valence electrons. The Labute approximate surface area is 156 Å². The minimum Gasteiger partial charge on any atom is -0.304 e. The molecule has 24 heavy (non-hydrogen) atoms. The molecule has 8 heteroatoms. The summed E-state index contributed by atoms with van der Waals surface area (Å²) in [5.74, 6) is 0.877. The van der Waals surface area contributed by atoms with Crippen molar-refractivity contribution in [1.29, 1.82) is 0 Å². The maximum atomic E-state index is 5.93. The number of aromatic nitrogens is 4. The smallest absolute Gasteiger partial charge is 0.198 e. The number of thiazole rings is 1. The molecular formula is C16H11ClN4S3. The van der Waals surface area contributed by atoms with Crippen LogP contribution in [0.4, 0.5) is 0 Å². The van der Waals surface area contributed by atoms with E-state index >= 15 is 0 Å². The van der Waals surface area contributed by atoms with E-state index < -0.39 is 0 Å². The fourth-order valence-corrected chi connectivity index (χ4v) is 4.75. The molecule has 0 amide bonds. The molecule has 0 bridgehead atoms. The first-order valence-electron chi connectivity index (χ1n) is 7.03. The number of benzene rings is 1. The van der Waals surface area contributed by atoms with E-state index in [1.165, 1.54) is 11.8 Å². The van der Waals surface area contributed by atoms with Gasteiger partial charge in [-0.15, -0.1) is 32.9 Å². The summed E-state index contributed by atoms with van der Waals surface area (Å²) in [6.45, 7) is 0. The van der Waals surface area contributed by atoms with Crippen LogP contribution in [0.25, 0.3) is 22.0 Å². The molecule has 4 aromatic rings. The lowest BCUT2D eigenvalue weighted by Gasteiger charge is -2.00. The summed E-state index contributed by atoms with van der Waals surface area (Å²) in [5.41, 5.74) is 2.00. The van der Waals surface area contributed by atoms with E-state index in [4.69, 9.17) is 11.6 Å². The number of hydrogen-bond acceptors (Lipinski definition) is 6. The Hall–Kier alpha value is -1.67. The first-order chi connectivity index (χ1) is 11.7. The summed E-state index contributed by atoms with van der Waals surface area (Å²) in [6.07, 6.45) is 0. The summed E-state index contributed by atoms with van der Waals surface area (Å²) in [4.78, 5) is 5.79. The third-order valence-electron chi connectivity index (χ3n) is 3.38. The molecule has 0 aliphatic carbocycles. The standard InChI is InChI=1S/C16H11ClN4S3/c1-21-14(13-3-2-8-22-13)19-20-15(21)24-16-18-12(9-23-16)10-4-6-11(17)7-5-10/h2-9H,1H3. The minimum atomic E-state index is 0.726. The Morgan fingerprint density at radius 3 is 2.67 bits per heavy atom. The van der Waals surface area contributed by atoms with Gasteiger partial charge in [-0.25, -0.2) is 4.98 Å². The molecule has 1 aromatic carbocycles. The second kappa shape index (κ2) is 6.68. The van der Waals surface area contributed by atoms with Crippen molar-refractivity contribution in [3.05, 3.63) is 52.2 Å². The van der Waals surface area contributed by atoms with Gasteiger partial charge < -0.3 is 4.57 Å². The van der Waals surface area contributed by atoms with Gasteiger partial charge in [-0.2, -0.15) is 0 Å². The lowest BCUT2D eigenvalue weighted by atomic mass is 10.2. The van der Waals surface area contributed by atoms with Crippen molar-refractivity contribution in [3.8, 4) is 22.0 Å². The van der Waals surface area contributed by atoms with Crippen molar-refractivity contribution < 1.29 is 0 Å². The Morgan fingerprint density at radius 1 is 1.08 bits per heavy atom. The zero-order chi connectivity index (χ0) is 16.5. The third-order valence-corrected chi connectivity index (χ3v) is 6.47. The molecule has 4 nitrogen and oxygen atoms in total. The van der Waals surface area contributed by atoms with Crippen LogP contribution in [0, 0.1) is 0 Å². The molecule has 0 spiro atoms. The molecule has 3 heterocycles. The molecule has 0 fully saturated rings. The van der Waals surface area contributed by atoms with E-state index in [0.29, 0.717) is 0 Å². The molecule has 0 atom stereocenters. The maximum Gasteiger partial charge on any atom is 0.198 e. The highest BCUT2D eigenvalue weighted by molar-refractivity contribution is 8.00. The van der Waals surface area contributed by atoms with Gasteiger partial charge >= 0.3 is 0 Å². The van der Waals surface area contributed by atoms with E-state index in [-0.39, 0.29) is 0 Å². The molecule has 0 saturated carbocycles.